The van der Waals surface area contributed by atoms with Crippen molar-refractivity contribution in [3.8, 4) is 11.1 Å². The van der Waals surface area contributed by atoms with Gasteiger partial charge in [-0.05, 0) is 85.5 Å². The van der Waals surface area contributed by atoms with Crippen LogP contribution < -0.4 is 0 Å². The lowest BCUT2D eigenvalue weighted by atomic mass is 9.77. The molecule has 1 fully saturated rings. The van der Waals surface area contributed by atoms with Crippen molar-refractivity contribution in [2.75, 3.05) is 0 Å². The zero-order valence-electron chi connectivity index (χ0n) is 16.7. The number of allylic oxidation sites excluding steroid dienone is 1. The lowest BCUT2D eigenvalue weighted by Gasteiger charge is -2.28. The van der Waals surface area contributed by atoms with Crippen molar-refractivity contribution in [3.05, 3.63) is 72.1 Å². The Morgan fingerprint density at radius 1 is 0.889 bits per heavy atom. The van der Waals surface area contributed by atoms with Crippen molar-refractivity contribution in [2.24, 2.45) is 5.92 Å². The van der Waals surface area contributed by atoms with Crippen molar-refractivity contribution >= 4 is 0 Å². The molecule has 0 bridgehead atoms. The Labute approximate surface area is 164 Å². The van der Waals surface area contributed by atoms with Crippen LogP contribution in [0.4, 0.5) is 4.39 Å². The molecule has 0 saturated heterocycles. The minimum Gasteiger partial charge on any atom is -0.216 e. The maximum Gasteiger partial charge on any atom is 0.0827 e. The topological polar surface area (TPSA) is 0 Å². The van der Waals surface area contributed by atoms with Gasteiger partial charge in [0.1, 0.15) is 0 Å². The standard InChI is InChI=1S/C26H33F/c1-2-3-6-21-8-12-23(13-9-21)25-16-18-26(19-17-25)24-14-10-22(11-15-24)7-4-5-20-27/h5,8-9,12-13,16-20,22,24H,2-4,6-7,10-11,14-15H2,1H3/t22-,24-. The molecule has 0 atom stereocenters. The lowest BCUT2D eigenvalue weighted by molar-refractivity contribution is 0.311. The molecular weight excluding hydrogens is 331 g/mol. The van der Waals surface area contributed by atoms with E-state index >= 15 is 0 Å². The van der Waals surface area contributed by atoms with E-state index in [0.717, 1.165) is 18.8 Å². The van der Waals surface area contributed by atoms with Crippen molar-refractivity contribution < 1.29 is 4.39 Å². The molecule has 144 valence electrons. The number of benzene rings is 2. The minimum absolute atomic E-state index is 0.686. The highest BCUT2D eigenvalue weighted by molar-refractivity contribution is 5.64. The number of aryl methyl sites for hydroxylation is 1. The predicted octanol–water partition coefficient (Wildman–Crippen LogP) is 8.23. The number of halogens is 1. The van der Waals surface area contributed by atoms with Gasteiger partial charge in [-0.15, -0.1) is 0 Å². The molecule has 1 heteroatoms. The summed E-state index contributed by atoms with van der Waals surface area (Å²) in [5.74, 6) is 1.48. The average Bonchev–Trinajstić information content (AvgIpc) is 2.73. The Balaban J connectivity index is 1.54. The third kappa shape index (κ3) is 5.79. The van der Waals surface area contributed by atoms with Gasteiger partial charge in [0.25, 0.3) is 0 Å². The normalized spacial score (nSPS) is 20.2. The van der Waals surface area contributed by atoms with E-state index in [4.69, 9.17) is 0 Å². The molecule has 1 saturated carbocycles. The molecule has 0 N–H and O–H groups in total. The maximum absolute atomic E-state index is 12.1. The van der Waals surface area contributed by atoms with Crippen LogP contribution in [0.5, 0.6) is 0 Å². The first-order chi connectivity index (χ1) is 13.3. The van der Waals surface area contributed by atoms with E-state index < -0.39 is 0 Å². The second-order valence-corrected chi connectivity index (χ2v) is 8.08. The number of rotatable bonds is 8. The van der Waals surface area contributed by atoms with Crippen LogP contribution in [0, 0.1) is 5.92 Å². The largest absolute Gasteiger partial charge is 0.216 e. The molecule has 2 aromatic rings. The summed E-state index contributed by atoms with van der Waals surface area (Å²) >= 11 is 0. The van der Waals surface area contributed by atoms with Crippen molar-refractivity contribution in [2.45, 2.75) is 70.6 Å². The van der Waals surface area contributed by atoms with Gasteiger partial charge >= 0.3 is 0 Å². The average molecular weight is 365 g/mol. The van der Waals surface area contributed by atoms with Crippen LogP contribution in [0.1, 0.15) is 75.3 Å². The molecule has 0 amide bonds. The first-order valence-corrected chi connectivity index (χ1v) is 10.7. The molecule has 3 rings (SSSR count). The number of unbranched alkanes of at least 4 members (excludes halogenated alkanes) is 1. The van der Waals surface area contributed by atoms with Crippen molar-refractivity contribution in [1.82, 2.24) is 0 Å². The molecular formula is C26H33F. The maximum atomic E-state index is 12.1. The number of hydrogen-bond acceptors (Lipinski definition) is 0. The minimum atomic E-state index is 0.686. The lowest BCUT2D eigenvalue weighted by Crippen LogP contribution is -2.13. The second kappa shape index (κ2) is 10.4. The van der Waals surface area contributed by atoms with Crippen LogP contribution >= 0.6 is 0 Å². The van der Waals surface area contributed by atoms with Gasteiger partial charge in [0.2, 0.25) is 0 Å². The van der Waals surface area contributed by atoms with Crippen LogP contribution in [-0.4, -0.2) is 0 Å². The van der Waals surface area contributed by atoms with Gasteiger partial charge < -0.3 is 0 Å². The van der Waals surface area contributed by atoms with Crippen LogP contribution in [0.2, 0.25) is 0 Å². The summed E-state index contributed by atoms with van der Waals surface area (Å²) in [6.07, 6.45) is 13.2. The van der Waals surface area contributed by atoms with E-state index in [2.05, 4.69) is 55.5 Å². The summed E-state index contributed by atoms with van der Waals surface area (Å²) in [5.41, 5.74) is 5.55. The monoisotopic (exact) mass is 364 g/mol. The molecule has 1 aliphatic carbocycles. The van der Waals surface area contributed by atoms with Gasteiger partial charge in [0.15, 0.2) is 0 Å². The van der Waals surface area contributed by atoms with E-state index in [1.165, 1.54) is 67.2 Å². The van der Waals surface area contributed by atoms with Gasteiger partial charge in [-0.25, -0.2) is 4.39 Å². The summed E-state index contributed by atoms with van der Waals surface area (Å²) in [6, 6.07) is 18.3. The molecule has 1 aliphatic rings. The van der Waals surface area contributed by atoms with E-state index in [1.807, 2.05) is 0 Å². The van der Waals surface area contributed by atoms with Crippen LogP contribution in [-0.2, 0) is 6.42 Å². The van der Waals surface area contributed by atoms with Gasteiger partial charge in [-0.3, -0.25) is 0 Å². The molecule has 0 aromatic heterocycles. The third-order valence-corrected chi connectivity index (χ3v) is 6.17. The Morgan fingerprint density at radius 3 is 2.11 bits per heavy atom. The van der Waals surface area contributed by atoms with Gasteiger partial charge in [0, 0.05) is 0 Å². The zero-order valence-corrected chi connectivity index (χ0v) is 16.7. The molecule has 2 aromatic carbocycles. The first kappa shape index (κ1) is 19.9. The Morgan fingerprint density at radius 2 is 1.52 bits per heavy atom. The zero-order chi connectivity index (χ0) is 18.9. The fraction of sp³-hybridized carbons (Fsp3) is 0.462. The fourth-order valence-corrected chi connectivity index (χ4v) is 4.37. The molecule has 0 radical (unpaired) electrons. The SMILES string of the molecule is CCCCc1ccc(-c2ccc([C@H]3CC[C@H](CCC=CF)CC3)cc2)cc1. The van der Waals surface area contributed by atoms with E-state index in [9.17, 15) is 4.39 Å². The fourth-order valence-electron chi connectivity index (χ4n) is 4.37. The summed E-state index contributed by atoms with van der Waals surface area (Å²) in [4.78, 5) is 0. The van der Waals surface area contributed by atoms with Crippen molar-refractivity contribution in [1.29, 1.82) is 0 Å². The molecule has 27 heavy (non-hydrogen) atoms. The molecule has 0 spiro atoms. The Hall–Kier alpha value is -1.89. The smallest absolute Gasteiger partial charge is 0.0827 e. The van der Waals surface area contributed by atoms with E-state index in [-0.39, 0.29) is 0 Å². The van der Waals surface area contributed by atoms with Crippen LogP contribution in [0.15, 0.2) is 60.9 Å². The summed E-state index contributed by atoms with van der Waals surface area (Å²) in [7, 11) is 0. The van der Waals surface area contributed by atoms with E-state index in [1.54, 1.807) is 6.08 Å². The number of hydrogen-bond donors (Lipinski definition) is 0. The summed E-state index contributed by atoms with van der Waals surface area (Å²) in [5, 5.41) is 0. The Kier molecular flexibility index (Phi) is 7.68. The van der Waals surface area contributed by atoms with E-state index in [0.29, 0.717) is 12.2 Å². The van der Waals surface area contributed by atoms with Crippen LogP contribution in [0.25, 0.3) is 11.1 Å². The highest BCUT2D eigenvalue weighted by Gasteiger charge is 2.21. The second-order valence-electron chi connectivity index (χ2n) is 8.08. The van der Waals surface area contributed by atoms with Gasteiger partial charge in [-0.1, -0.05) is 68.0 Å². The van der Waals surface area contributed by atoms with Crippen LogP contribution in [0.3, 0.4) is 0 Å². The molecule has 0 unspecified atom stereocenters. The summed E-state index contributed by atoms with van der Waals surface area (Å²) in [6.45, 7) is 2.24. The predicted molar refractivity (Wildman–Crippen MR) is 115 cm³/mol. The van der Waals surface area contributed by atoms with Gasteiger partial charge in [-0.2, -0.15) is 0 Å². The van der Waals surface area contributed by atoms with Gasteiger partial charge in [0.05, 0.1) is 6.33 Å². The third-order valence-electron chi connectivity index (χ3n) is 6.17. The van der Waals surface area contributed by atoms with Crippen molar-refractivity contribution in [3.63, 3.8) is 0 Å². The summed E-state index contributed by atoms with van der Waals surface area (Å²) < 4.78 is 12.1. The molecule has 0 nitrogen and oxygen atoms in total. The molecule has 0 heterocycles. The highest BCUT2D eigenvalue weighted by Crippen LogP contribution is 2.38. The first-order valence-electron chi connectivity index (χ1n) is 10.7. The quantitative estimate of drug-likeness (QED) is 0.442. The Bertz CT molecular complexity index is 688. The molecule has 0 aliphatic heterocycles. The highest BCUT2D eigenvalue weighted by atomic mass is 19.1.